The molecule has 0 atom stereocenters. The van der Waals surface area contributed by atoms with Crippen LogP contribution in [0.3, 0.4) is 0 Å². The summed E-state index contributed by atoms with van der Waals surface area (Å²) in [6.07, 6.45) is 1.77. The third-order valence-electron chi connectivity index (χ3n) is 3.75. The second-order valence-electron chi connectivity index (χ2n) is 5.80. The molecule has 2 aromatic carbocycles. The molecule has 0 spiro atoms. The summed E-state index contributed by atoms with van der Waals surface area (Å²) in [6.45, 7) is 5.26. The zero-order valence-corrected chi connectivity index (χ0v) is 14.8. The Hall–Kier alpha value is -3.25. The van der Waals surface area contributed by atoms with Crippen LogP contribution in [0.1, 0.15) is 16.6 Å². The maximum atomic E-state index is 12.2. The van der Waals surface area contributed by atoms with Crippen LogP contribution in [0.25, 0.3) is 21.0 Å². The molecule has 2 heterocycles. The van der Waals surface area contributed by atoms with E-state index in [0.717, 1.165) is 26.7 Å². The monoisotopic (exact) mass is 361 g/mol. The SMILES string of the molecule is C=C(C)OC(=O)c1cc2c(ccc3cnc(Nc4ccccc4)nc32)s1. The molecule has 0 bridgehead atoms. The van der Waals surface area contributed by atoms with Gasteiger partial charge in [-0.25, -0.2) is 14.8 Å². The normalized spacial score (nSPS) is 10.8. The van der Waals surface area contributed by atoms with Gasteiger partial charge in [0.1, 0.15) is 4.88 Å². The number of allylic oxidation sites excluding steroid dienone is 1. The first-order valence-electron chi connectivity index (χ1n) is 7.99. The molecule has 4 aromatic rings. The van der Waals surface area contributed by atoms with E-state index in [1.54, 1.807) is 13.1 Å². The Kier molecular flexibility index (Phi) is 4.10. The summed E-state index contributed by atoms with van der Waals surface area (Å²) in [5, 5.41) is 5.01. The van der Waals surface area contributed by atoms with E-state index in [-0.39, 0.29) is 0 Å². The molecular weight excluding hydrogens is 346 g/mol. The van der Waals surface area contributed by atoms with Gasteiger partial charge >= 0.3 is 5.97 Å². The van der Waals surface area contributed by atoms with Crippen molar-refractivity contribution in [1.82, 2.24) is 9.97 Å². The lowest BCUT2D eigenvalue weighted by Gasteiger charge is -2.06. The first-order valence-corrected chi connectivity index (χ1v) is 8.81. The maximum Gasteiger partial charge on any atom is 0.353 e. The molecule has 6 heteroatoms. The average molecular weight is 361 g/mol. The summed E-state index contributed by atoms with van der Waals surface area (Å²) >= 11 is 1.38. The molecule has 0 saturated heterocycles. The summed E-state index contributed by atoms with van der Waals surface area (Å²) in [4.78, 5) is 21.7. The minimum Gasteiger partial charge on any atom is -0.428 e. The van der Waals surface area contributed by atoms with E-state index in [9.17, 15) is 4.79 Å². The number of nitrogens with one attached hydrogen (secondary N) is 1. The first kappa shape index (κ1) is 16.2. The molecule has 4 rings (SSSR count). The Morgan fingerprint density at radius 2 is 2.00 bits per heavy atom. The van der Waals surface area contributed by atoms with Crippen molar-refractivity contribution in [3.63, 3.8) is 0 Å². The van der Waals surface area contributed by atoms with Gasteiger partial charge in [-0.1, -0.05) is 24.8 Å². The van der Waals surface area contributed by atoms with Crippen LogP contribution < -0.4 is 5.32 Å². The number of nitrogens with zero attached hydrogens (tertiary/aromatic N) is 2. The number of aromatic nitrogens is 2. The summed E-state index contributed by atoms with van der Waals surface area (Å²) in [6, 6.07) is 15.5. The highest BCUT2D eigenvalue weighted by atomic mass is 32.1. The third-order valence-corrected chi connectivity index (χ3v) is 4.83. The van der Waals surface area contributed by atoms with Crippen molar-refractivity contribution in [2.75, 3.05) is 5.32 Å². The molecule has 0 amide bonds. The zero-order chi connectivity index (χ0) is 18.1. The van der Waals surface area contributed by atoms with Crippen molar-refractivity contribution in [1.29, 1.82) is 0 Å². The van der Waals surface area contributed by atoms with Gasteiger partial charge in [0.25, 0.3) is 0 Å². The van der Waals surface area contributed by atoms with Gasteiger partial charge in [0.05, 0.1) is 11.3 Å². The predicted molar refractivity (Wildman–Crippen MR) is 105 cm³/mol. The Balaban J connectivity index is 1.77. The van der Waals surface area contributed by atoms with Crippen LogP contribution in [0.4, 0.5) is 11.6 Å². The summed E-state index contributed by atoms with van der Waals surface area (Å²) in [5.41, 5.74) is 1.71. The lowest BCUT2D eigenvalue weighted by atomic mass is 10.2. The van der Waals surface area contributed by atoms with Crippen LogP contribution in [-0.4, -0.2) is 15.9 Å². The molecule has 0 aliphatic carbocycles. The van der Waals surface area contributed by atoms with Gasteiger partial charge in [-0.15, -0.1) is 11.3 Å². The largest absolute Gasteiger partial charge is 0.428 e. The van der Waals surface area contributed by atoms with Crippen molar-refractivity contribution in [3.8, 4) is 0 Å². The summed E-state index contributed by atoms with van der Waals surface area (Å²) in [7, 11) is 0. The van der Waals surface area contributed by atoms with Gasteiger partial charge in [0.15, 0.2) is 0 Å². The lowest BCUT2D eigenvalue weighted by molar-refractivity contribution is 0.0633. The fourth-order valence-corrected chi connectivity index (χ4v) is 3.57. The number of esters is 1. The molecular formula is C20H15N3O2S. The topological polar surface area (TPSA) is 64.1 Å². The predicted octanol–water partition coefficient (Wildman–Crippen LogP) is 5.28. The second kappa shape index (κ2) is 6.57. The fraction of sp³-hybridized carbons (Fsp3) is 0.0500. The van der Waals surface area contributed by atoms with Crippen LogP contribution in [-0.2, 0) is 4.74 Å². The van der Waals surface area contributed by atoms with Crippen molar-refractivity contribution in [2.24, 2.45) is 0 Å². The molecule has 5 nitrogen and oxygen atoms in total. The quantitative estimate of drug-likeness (QED) is 0.396. The smallest absolute Gasteiger partial charge is 0.353 e. The van der Waals surface area contributed by atoms with E-state index in [2.05, 4.69) is 21.9 Å². The Bertz CT molecular complexity index is 1140. The highest BCUT2D eigenvalue weighted by Gasteiger charge is 2.15. The molecule has 0 aliphatic heterocycles. The van der Waals surface area contributed by atoms with Crippen molar-refractivity contribution in [3.05, 3.63) is 71.9 Å². The molecule has 2 aromatic heterocycles. The number of rotatable bonds is 4. The second-order valence-corrected chi connectivity index (χ2v) is 6.89. The van der Waals surface area contributed by atoms with Gasteiger partial charge in [-0.2, -0.15) is 0 Å². The minimum atomic E-state index is -0.399. The van der Waals surface area contributed by atoms with Crippen LogP contribution in [0.2, 0.25) is 0 Å². The van der Waals surface area contributed by atoms with Crippen molar-refractivity contribution >= 4 is 49.9 Å². The molecule has 1 N–H and O–H groups in total. The van der Waals surface area contributed by atoms with E-state index in [1.807, 2.05) is 48.5 Å². The van der Waals surface area contributed by atoms with Crippen LogP contribution in [0, 0.1) is 0 Å². The van der Waals surface area contributed by atoms with Crippen molar-refractivity contribution in [2.45, 2.75) is 6.92 Å². The number of fused-ring (bicyclic) bond motifs is 3. The first-order chi connectivity index (χ1) is 12.6. The fourth-order valence-electron chi connectivity index (χ4n) is 2.63. The Labute approximate surface area is 154 Å². The number of ether oxygens (including phenoxy) is 1. The lowest BCUT2D eigenvalue weighted by Crippen LogP contribution is -1.99. The number of hydrogen-bond acceptors (Lipinski definition) is 6. The van der Waals surface area contributed by atoms with Gasteiger partial charge in [-0.05, 0) is 37.3 Å². The number of hydrogen-bond donors (Lipinski definition) is 1. The highest BCUT2D eigenvalue weighted by molar-refractivity contribution is 7.20. The molecule has 0 radical (unpaired) electrons. The number of thiophene rings is 1. The number of carbonyl (C=O) groups excluding carboxylic acids is 1. The number of benzene rings is 2. The number of anilines is 2. The minimum absolute atomic E-state index is 0.369. The third kappa shape index (κ3) is 3.14. The number of para-hydroxylation sites is 1. The molecule has 128 valence electrons. The van der Waals surface area contributed by atoms with E-state index in [4.69, 9.17) is 4.74 Å². The van der Waals surface area contributed by atoms with Gasteiger partial charge in [0.2, 0.25) is 5.95 Å². The molecule has 0 saturated carbocycles. The van der Waals surface area contributed by atoms with E-state index < -0.39 is 5.97 Å². The van der Waals surface area contributed by atoms with E-state index in [0.29, 0.717) is 16.6 Å². The van der Waals surface area contributed by atoms with Crippen molar-refractivity contribution < 1.29 is 9.53 Å². The molecule has 0 fully saturated rings. The zero-order valence-electron chi connectivity index (χ0n) is 14.0. The standard InChI is InChI=1S/C20H15N3O2S/c1-12(2)25-19(24)17-10-15-16(26-17)9-8-13-11-21-20(23-18(13)15)22-14-6-4-3-5-7-14/h3-11H,1H2,2H3,(H,21,22,23). The van der Waals surface area contributed by atoms with E-state index >= 15 is 0 Å². The van der Waals surface area contributed by atoms with E-state index in [1.165, 1.54) is 11.3 Å². The van der Waals surface area contributed by atoms with Crippen LogP contribution >= 0.6 is 11.3 Å². The molecule has 0 aliphatic rings. The summed E-state index contributed by atoms with van der Waals surface area (Å²) in [5.74, 6) is 0.478. The molecule has 26 heavy (non-hydrogen) atoms. The summed E-state index contributed by atoms with van der Waals surface area (Å²) < 4.78 is 6.08. The highest BCUT2D eigenvalue weighted by Crippen LogP contribution is 2.32. The average Bonchev–Trinajstić information content (AvgIpc) is 3.07. The van der Waals surface area contributed by atoms with Gasteiger partial charge in [0, 0.05) is 27.4 Å². The Morgan fingerprint density at radius 1 is 1.19 bits per heavy atom. The van der Waals surface area contributed by atoms with Gasteiger partial charge < -0.3 is 10.1 Å². The Morgan fingerprint density at radius 3 is 2.77 bits per heavy atom. The van der Waals surface area contributed by atoms with Crippen LogP contribution in [0.15, 0.2) is 67.1 Å². The maximum absolute atomic E-state index is 12.2. The number of carbonyl (C=O) groups is 1. The molecule has 0 unspecified atom stereocenters. The van der Waals surface area contributed by atoms with Gasteiger partial charge in [-0.3, -0.25) is 0 Å². The van der Waals surface area contributed by atoms with Crippen LogP contribution in [0.5, 0.6) is 0 Å².